The lowest BCUT2D eigenvalue weighted by Gasteiger charge is -2.16. The van der Waals surface area contributed by atoms with E-state index in [1.165, 1.54) is 7.11 Å². The largest absolute Gasteiger partial charge is 0.507 e. The van der Waals surface area contributed by atoms with Gasteiger partial charge >= 0.3 is 5.97 Å². The average molecular weight is 574 g/mol. The fourth-order valence-electron chi connectivity index (χ4n) is 3.35. The summed E-state index contributed by atoms with van der Waals surface area (Å²) < 4.78 is 12.5. The summed E-state index contributed by atoms with van der Waals surface area (Å²) in [7, 11) is 1.39. The zero-order chi connectivity index (χ0) is 24.0. The van der Waals surface area contributed by atoms with E-state index >= 15 is 0 Å². The van der Waals surface area contributed by atoms with Crippen molar-refractivity contribution >= 4 is 50.0 Å². The molecule has 0 heterocycles. The fourth-order valence-corrected chi connectivity index (χ4v) is 4.79. The number of phenols is 1. The number of aromatic hydroxyl groups is 1. The van der Waals surface area contributed by atoms with E-state index in [4.69, 9.17) is 9.47 Å². The van der Waals surface area contributed by atoms with Gasteiger partial charge in [0.1, 0.15) is 11.5 Å². The number of aryl methyl sites for hydroxylation is 1. The maximum atomic E-state index is 11.5. The highest BCUT2D eigenvalue weighted by molar-refractivity contribution is 9.11. The Morgan fingerprint density at radius 3 is 2.30 bits per heavy atom. The lowest BCUT2D eigenvalue weighted by atomic mass is 9.98. The SMILES string of the molecule is COC(=O)CCc1cc(Br)c(Oc2cc(C=Cc3ccccc3)c(O)c(C(C)C)c2)c(Br)c1. The third-order valence-corrected chi connectivity index (χ3v) is 6.32. The molecule has 0 aromatic heterocycles. The maximum absolute atomic E-state index is 11.5. The molecule has 0 spiro atoms. The zero-order valence-electron chi connectivity index (χ0n) is 18.8. The molecule has 0 bridgehead atoms. The van der Waals surface area contributed by atoms with Gasteiger partial charge in [0.2, 0.25) is 0 Å². The van der Waals surface area contributed by atoms with Gasteiger partial charge in [0.05, 0.1) is 16.1 Å². The lowest BCUT2D eigenvalue weighted by Crippen LogP contribution is -2.02. The van der Waals surface area contributed by atoms with Crippen LogP contribution in [0.5, 0.6) is 17.2 Å². The Bertz CT molecular complexity index is 1130. The number of halogens is 2. The molecule has 1 N–H and O–H groups in total. The summed E-state index contributed by atoms with van der Waals surface area (Å²) in [5.41, 5.74) is 3.51. The molecule has 0 aliphatic carbocycles. The number of hydrogen-bond acceptors (Lipinski definition) is 4. The number of methoxy groups -OCH3 is 1. The van der Waals surface area contributed by atoms with Crippen molar-refractivity contribution in [1.82, 2.24) is 0 Å². The first-order valence-electron chi connectivity index (χ1n) is 10.6. The van der Waals surface area contributed by atoms with Crippen LogP contribution in [0.1, 0.15) is 48.4 Å². The van der Waals surface area contributed by atoms with Gasteiger partial charge in [0, 0.05) is 17.5 Å². The molecule has 0 saturated heterocycles. The van der Waals surface area contributed by atoms with E-state index < -0.39 is 0 Å². The average Bonchev–Trinajstić information content (AvgIpc) is 2.80. The number of carbonyl (C=O) groups is 1. The van der Waals surface area contributed by atoms with Crippen LogP contribution < -0.4 is 4.74 Å². The van der Waals surface area contributed by atoms with Crippen LogP contribution in [0.2, 0.25) is 0 Å². The molecule has 0 saturated carbocycles. The van der Waals surface area contributed by atoms with E-state index in [1.807, 2.05) is 80.6 Å². The Balaban J connectivity index is 1.92. The fraction of sp³-hybridized carbons (Fsp3) is 0.222. The molecule has 0 aliphatic heterocycles. The normalized spacial score (nSPS) is 11.2. The smallest absolute Gasteiger partial charge is 0.305 e. The molecule has 0 aliphatic rings. The van der Waals surface area contributed by atoms with Crippen molar-refractivity contribution in [3.63, 3.8) is 0 Å². The van der Waals surface area contributed by atoms with Crippen LogP contribution in [-0.4, -0.2) is 18.2 Å². The summed E-state index contributed by atoms with van der Waals surface area (Å²) in [4.78, 5) is 11.5. The van der Waals surface area contributed by atoms with Gasteiger partial charge in [-0.3, -0.25) is 4.79 Å². The number of esters is 1. The molecule has 0 amide bonds. The van der Waals surface area contributed by atoms with Gasteiger partial charge in [0.15, 0.2) is 5.75 Å². The number of hydrogen-bond donors (Lipinski definition) is 1. The second kappa shape index (κ2) is 11.5. The van der Waals surface area contributed by atoms with Crippen molar-refractivity contribution in [1.29, 1.82) is 0 Å². The second-order valence-electron chi connectivity index (χ2n) is 7.92. The molecule has 33 heavy (non-hydrogen) atoms. The van der Waals surface area contributed by atoms with E-state index in [0.717, 1.165) is 25.6 Å². The third-order valence-electron chi connectivity index (χ3n) is 5.14. The predicted octanol–water partition coefficient (Wildman–Crippen LogP) is 8.11. The molecular weight excluding hydrogens is 548 g/mol. The maximum Gasteiger partial charge on any atom is 0.305 e. The highest BCUT2D eigenvalue weighted by Crippen LogP contribution is 2.41. The Labute approximate surface area is 211 Å². The number of ether oxygens (including phenoxy) is 2. The molecule has 4 nitrogen and oxygen atoms in total. The predicted molar refractivity (Wildman–Crippen MR) is 140 cm³/mol. The molecule has 6 heteroatoms. The third kappa shape index (κ3) is 6.71. The van der Waals surface area contributed by atoms with Crippen molar-refractivity contribution in [2.75, 3.05) is 7.11 Å². The highest BCUT2D eigenvalue weighted by atomic mass is 79.9. The Kier molecular flexibility index (Phi) is 8.75. The van der Waals surface area contributed by atoms with Crippen molar-refractivity contribution in [2.24, 2.45) is 0 Å². The number of phenolic OH excluding ortho intramolecular Hbond substituents is 1. The van der Waals surface area contributed by atoms with Crippen LogP contribution in [0.3, 0.4) is 0 Å². The minimum Gasteiger partial charge on any atom is -0.507 e. The molecule has 3 aromatic rings. The van der Waals surface area contributed by atoms with Crippen LogP contribution in [-0.2, 0) is 16.0 Å². The van der Waals surface area contributed by atoms with Crippen LogP contribution in [0, 0.1) is 0 Å². The van der Waals surface area contributed by atoms with Gasteiger partial charge in [-0.2, -0.15) is 0 Å². The quantitative estimate of drug-likeness (QED) is 0.218. The van der Waals surface area contributed by atoms with Gasteiger partial charge in [-0.15, -0.1) is 0 Å². The molecule has 0 atom stereocenters. The summed E-state index contributed by atoms with van der Waals surface area (Å²) in [5.74, 6) is 1.36. The van der Waals surface area contributed by atoms with Gasteiger partial charge in [-0.1, -0.05) is 56.3 Å². The summed E-state index contributed by atoms with van der Waals surface area (Å²) in [5, 5.41) is 10.8. The minimum absolute atomic E-state index is 0.116. The van der Waals surface area contributed by atoms with Crippen molar-refractivity contribution in [2.45, 2.75) is 32.6 Å². The summed E-state index contributed by atoms with van der Waals surface area (Å²) >= 11 is 7.17. The van der Waals surface area contributed by atoms with Crippen LogP contribution in [0.25, 0.3) is 12.2 Å². The number of carbonyl (C=O) groups excluding carboxylic acids is 1. The zero-order valence-corrected chi connectivity index (χ0v) is 21.9. The summed E-state index contributed by atoms with van der Waals surface area (Å²) in [6, 6.07) is 17.5. The molecule has 3 rings (SSSR count). The Morgan fingerprint density at radius 1 is 1.03 bits per heavy atom. The van der Waals surface area contributed by atoms with E-state index in [2.05, 4.69) is 31.9 Å². The van der Waals surface area contributed by atoms with Crippen LogP contribution in [0.4, 0.5) is 0 Å². The molecule has 3 aromatic carbocycles. The van der Waals surface area contributed by atoms with Crippen LogP contribution >= 0.6 is 31.9 Å². The van der Waals surface area contributed by atoms with Gasteiger partial charge in [0.25, 0.3) is 0 Å². The topological polar surface area (TPSA) is 55.8 Å². The monoisotopic (exact) mass is 572 g/mol. The molecule has 172 valence electrons. The Morgan fingerprint density at radius 2 is 1.70 bits per heavy atom. The standard InChI is InChI=1S/C27H26Br2O4/c1-17(2)22-16-21(15-20(26(22)31)11-9-18-7-5-4-6-8-18)33-27-23(28)13-19(14-24(27)29)10-12-25(30)32-3/h4-9,11,13-17,31H,10,12H2,1-3H3. The molecule has 0 radical (unpaired) electrons. The van der Waals surface area contributed by atoms with E-state index in [1.54, 1.807) is 0 Å². The summed E-state index contributed by atoms with van der Waals surface area (Å²) in [6.45, 7) is 4.07. The number of rotatable bonds is 8. The lowest BCUT2D eigenvalue weighted by molar-refractivity contribution is -0.140. The molecular formula is C27H26Br2O4. The molecule has 0 unspecified atom stereocenters. The summed E-state index contributed by atoms with van der Waals surface area (Å²) in [6.07, 6.45) is 4.73. The van der Waals surface area contributed by atoms with Crippen molar-refractivity contribution in [3.05, 3.63) is 85.8 Å². The Hall–Kier alpha value is -2.57. The van der Waals surface area contributed by atoms with Crippen LogP contribution in [0.15, 0.2) is 63.5 Å². The first-order valence-corrected chi connectivity index (χ1v) is 12.2. The van der Waals surface area contributed by atoms with Crippen molar-refractivity contribution in [3.8, 4) is 17.2 Å². The van der Waals surface area contributed by atoms with E-state index in [9.17, 15) is 9.90 Å². The second-order valence-corrected chi connectivity index (χ2v) is 9.62. The van der Waals surface area contributed by atoms with E-state index in [-0.39, 0.29) is 17.6 Å². The van der Waals surface area contributed by atoms with Gasteiger partial charge < -0.3 is 14.6 Å². The number of benzene rings is 3. The van der Waals surface area contributed by atoms with Crippen molar-refractivity contribution < 1.29 is 19.4 Å². The highest BCUT2D eigenvalue weighted by Gasteiger charge is 2.16. The van der Waals surface area contributed by atoms with Gasteiger partial charge in [-0.05, 0) is 79.6 Å². The molecule has 0 fully saturated rings. The van der Waals surface area contributed by atoms with E-state index in [0.29, 0.717) is 29.9 Å². The minimum atomic E-state index is -0.246. The first kappa shape index (κ1) is 25.1. The van der Waals surface area contributed by atoms with Gasteiger partial charge in [-0.25, -0.2) is 0 Å². The first-order chi connectivity index (χ1) is 15.8.